The molecule has 4 rings (SSSR count). The Kier molecular flexibility index (Phi) is 3.14. The predicted molar refractivity (Wildman–Crippen MR) is 84.7 cm³/mol. The maximum Gasteiger partial charge on any atom is 0.322 e. The zero-order chi connectivity index (χ0) is 15.8. The summed E-state index contributed by atoms with van der Waals surface area (Å²) in [6.45, 7) is 0. The van der Waals surface area contributed by atoms with Crippen LogP contribution < -0.4 is 5.32 Å². The van der Waals surface area contributed by atoms with Crippen LogP contribution in [-0.2, 0) is 0 Å². The van der Waals surface area contributed by atoms with Crippen molar-refractivity contribution < 1.29 is 4.79 Å². The number of aromatic amines is 1. The number of anilines is 1. The van der Waals surface area contributed by atoms with E-state index >= 15 is 0 Å². The minimum absolute atomic E-state index is 0.158. The zero-order valence-electron chi connectivity index (χ0n) is 12.5. The summed E-state index contributed by atoms with van der Waals surface area (Å²) < 4.78 is 0. The van der Waals surface area contributed by atoms with Crippen LogP contribution in [0.5, 0.6) is 0 Å². The van der Waals surface area contributed by atoms with Crippen LogP contribution in [0, 0.1) is 0 Å². The fraction of sp³-hybridized carbons (Fsp3) is 0.267. The van der Waals surface area contributed by atoms with Crippen LogP contribution in [0.25, 0.3) is 22.7 Å². The molecular weight excluding hydrogens is 294 g/mol. The Hall–Kier alpha value is -3.03. The van der Waals surface area contributed by atoms with Crippen molar-refractivity contribution >= 4 is 23.0 Å². The Labute approximate surface area is 132 Å². The Bertz CT molecular complexity index is 857. The van der Waals surface area contributed by atoms with E-state index < -0.39 is 0 Å². The summed E-state index contributed by atoms with van der Waals surface area (Å²) in [6, 6.07) is 3.70. The summed E-state index contributed by atoms with van der Waals surface area (Å²) in [5, 5.41) is 2.79. The smallest absolute Gasteiger partial charge is 0.322 e. The number of nitrogens with one attached hydrogen (secondary N) is 2. The van der Waals surface area contributed by atoms with Crippen LogP contribution >= 0.6 is 0 Å². The van der Waals surface area contributed by atoms with E-state index in [1.54, 1.807) is 42.7 Å². The van der Waals surface area contributed by atoms with Crippen LogP contribution in [0.2, 0.25) is 0 Å². The van der Waals surface area contributed by atoms with Crippen molar-refractivity contribution in [2.75, 3.05) is 12.4 Å². The number of hydrogen-bond donors (Lipinski definition) is 2. The van der Waals surface area contributed by atoms with Gasteiger partial charge >= 0.3 is 6.03 Å². The first-order chi connectivity index (χ1) is 11.2. The van der Waals surface area contributed by atoms with Gasteiger partial charge in [0, 0.05) is 25.5 Å². The first kappa shape index (κ1) is 13.6. The molecule has 0 aromatic carbocycles. The Balaban J connectivity index is 1.62. The van der Waals surface area contributed by atoms with Gasteiger partial charge in [0.05, 0.1) is 6.20 Å². The molecule has 23 heavy (non-hydrogen) atoms. The molecule has 0 atom stereocenters. The first-order valence-electron chi connectivity index (χ1n) is 7.38. The number of hydrogen-bond acceptors (Lipinski definition) is 5. The number of carbonyl (C=O) groups excluding carboxylic acids is 1. The van der Waals surface area contributed by atoms with Gasteiger partial charge in [0.15, 0.2) is 11.5 Å². The monoisotopic (exact) mass is 309 g/mol. The average Bonchev–Trinajstić information content (AvgIpc) is 3.27. The maximum atomic E-state index is 12.1. The number of rotatable bonds is 3. The molecule has 2 N–H and O–H groups in total. The van der Waals surface area contributed by atoms with Gasteiger partial charge in [0.1, 0.15) is 17.0 Å². The van der Waals surface area contributed by atoms with Gasteiger partial charge in [0.25, 0.3) is 0 Å². The molecular formula is C15H15N7O. The highest BCUT2D eigenvalue weighted by molar-refractivity contribution is 5.89. The number of imidazole rings is 1. The van der Waals surface area contributed by atoms with Crippen LogP contribution in [0.3, 0.4) is 0 Å². The highest BCUT2D eigenvalue weighted by Crippen LogP contribution is 2.26. The lowest BCUT2D eigenvalue weighted by atomic mass is 10.3. The summed E-state index contributed by atoms with van der Waals surface area (Å²) >= 11 is 0. The van der Waals surface area contributed by atoms with Gasteiger partial charge in [-0.05, 0) is 25.0 Å². The van der Waals surface area contributed by atoms with E-state index in [-0.39, 0.29) is 6.03 Å². The average molecular weight is 309 g/mol. The third kappa shape index (κ3) is 2.70. The topological polar surface area (TPSA) is 99.7 Å². The molecule has 0 radical (unpaired) electrons. The largest absolute Gasteiger partial charge is 0.343 e. The number of nitrogens with zero attached hydrogens (tertiary/aromatic N) is 5. The highest BCUT2D eigenvalue weighted by Gasteiger charge is 2.29. The molecule has 1 aliphatic rings. The fourth-order valence-electron chi connectivity index (χ4n) is 2.31. The molecule has 3 aromatic rings. The maximum absolute atomic E-state index is 12.1. The third-order valence-corrected chi connectivity index (χ3v) is 3.80. The summed E-state index contributed by atoms with van der Waals surface area (Å²) in [5.74, 6) is 1.09. The van der Waals surface area contributed by atoms with Gasteiger partial charge in [0.2, 0.25) is 0 Å². The number of pyridine rings is 1. The molecule has 0 spiro atoms. The number of aromatic nitrogens is 5. The SMILES string of the molecule is CN(C(=O)Nc1ccc2ncc(-c3ncc[nH]3)nc2n1)C1CC1. The van der Waals surface area contributed by atoms with Crippen LogP contribution in [-0.4, -0.2) is 48.9 Å². The lowest BCUT2D eigenvalue weighted by Crippen LogP contribution is -2.33. The van der Waals surface area contributed by atoms with Gasteiger partial charge < -0.3 is 9.88 Å². The van der Waals surface area contributed by atoms with Crippen molar-refractivity contribution in [1.29, 1.82) is 0 Å². The lowest BCUT2D eigenvalue weighted by molar-refractivity contribution is 0.220. The van der Waals surface area contributed by atoms with Crippen LogP contribution in [0.4, 0.5) is 10.6 Å². The fourth-order valence-corrected chi connectivity index (χ4v) is 2.31. The minimum atomic E-state index is -0.158. The standard InChI is InChI=1S/C15H15N7O/c1-22(9-2-3-9)15(23)21-12-5-4-10-14(20-12)19-11(8-18-10)13-16-6-7-17-13/h4-9H,2-3H2,1H3,(H,16,17)(H,19,20,21,23). The molecule has 0 bridgehead atoms. The molecule has 0 unspecified atom stereocenters. The number of amides is 2. The summed E-state index contributed by atoms with van der Waals surface area (Å²) in [5.41, 5.74) is 1.73. The second kappa shape index (κ2) is 5.31. The van der Waals surface area contributed by atoms with Crippen molar-refractivity contribution in [3.8, 4) is 11.5 Å². The second-order valence-corrected chi connectivity index (χ2v) is 5.50. The molecule has 0 aliphatic heterocycles. The third-order valence-electron chi connectivity index (χ3n) is 3.80. The molecule has 1 fully saturated rings. The molecule has 3 aromatic heterocycles. The van der Waals surface area contributed by atoms with Crippen molar-refractivity contribution in [3.05, 3.63) is 30.7 Å². The molecule has 8 heteroatoms. The number of urea groups is 1. The van der Waals surface area contributed by atoms with Crippen molar-refractivity contribution in [2.45, 2.75) is 18.9 Å². The number of H-pyrrole nitrogens is 1. The predicted octanol–water partition coefficient (Wildman–Crippen LogP) is 2.04. The van der Waals surface area contributed by atoms with Crippen LogP contribution in [0.15, 0.2) is 30.7 Å². The van der Waals surface area contributed by atoms with E-state index in [4.69, 9.17) is 0 Å². The van der Waals surface area contributed by atoms with E-state index in [9.17, 15) is 4.79 Å². The Morgan fingerprint density at radius 3 is 2.91 bits per heavy atom. The summed E-state index contributed by atoms with van der Waals surface area (Å²) in [7, 11) is 1.79. The van der Waals surface area contributed by atoms with Crippen molar-refractivity contribution in [2.24, 2.45) is 0 Å². The van der Waals surface area contributed by atoms with Gasteiger partial charge in [-0.15, -0.1) is 0 Å². The van der Waals surface area contributed by atoms with Crippen molar-refractivity contribution in [1.82, 2.24) is 29.8 Å². The molecule has 3 heterocycles. The van der Waals surface area contributed by atoms with Crippen LogP contribution in [0.1, 0.15) is 12.8 Å². The first-order valence-corrected chi connectivity index (χ1v) is 7.38. The molecule has 116 valence electrons. The van der Waals surface area contributed by atoms with Crippen molar-refractivity contribution in [3.63, 3.8) is 0 Å². The Morgan fingerprint density at radius 1 is 1.30 bits per heavy atom. The second-order valence-electron chi connectivity index (χ2n) is 5.50. The van der Waals surface area contributed by atoms with Gasteiger partial charge in [-0.3, -0.25) is 10.3 Å². The number of fused-ring (bicyclic) bond motifs is 1. The van der Waals surface area contributed by atoms with E-state index in [1.165, 1.54) is 0 Å². The lowest BCUT2D eigenvalue weighted by Gasteiger charge is -2.16. The van der Waals surface area contributed by atoms with E-state index in [2.05, 4.69) is 30.2 Å². The molecule has 1 aliphatic carbocycles. The highest BCUT2D eigenvalue weighted by atomic mass is 16.2. The summed E-state index contributed by atoms with van der Waals surface area (Å²) in [6.07, 6.45) is 7.14. The molecule has 1 saturated carbocycles. The number of carbonyl (C=O) groups is 1. The van der Waals surface area contributed by atoms with Gasteiger partial charge in [-0.1, -0.05) is 0 Å². The van der Waals surface area contributed by atoms with E-state index in [1.807, 2.05) is 0 Å². The van der Waals surface area contributed by atoms with Gasteiger partial charge in [-0.25, -0.2) is 19.7 Å². The van der Waals surface area contributed by atoms with E-state index in [0.29, 0.717) is 34.5 Å². The molecule has 2 amide bonds. The zero-order valence-corrected chi connectivity index (χ0v) is 12.5. The Morgan fingerprint density at radius 2 is 2.17 bits per heavy atom. The summed E-state index contributed by atoms with van der Waals surface area (Å²) in [4.78, 5) is 34.1. The van der Waals surface area contributed by atoms with Gasteiger partial charge in [-0.2, -0.15) is 0 Å². The molecule has 8 nitrogen and oxygen atoms in total. The molecule has 0 saturated heterocycles. The van der Waals surface area contributed by atoms with E-state index in [0.717, 1.165) is 12.8 Å². The normalized spacial score (nSPS) is 14.0. The minimum Gasteiger partial charge on any atom is -0.343 e. The quantitative estimate of drug-likeness (QED) is 0.771.